The van der Waals surface area contributed by atoms with Gasteiger partial charge in [-0.15, -0.1) is 10.2 Å². The summed E-state index contributed by atoms with van der Waals surface area (Å²) in [6.07, 6.45) is 1.66. The summed E-state index contributed by atoms with van der Waals surface area (Å²) in [5.74, 6) is 1.41. The number of halogens is 1. The Morgan fingerprint density at radius 2 is 1.62 bits per heavy atom. The van der Waals surface area contributed by atoms with E-state index in [1.54, 1.807) is 48.3 Å². The first-order chi connectivity index (χ1) is 16.5. The van der Waals surface area contributed by atoms with E-state index >= 15 is 0 Å². The Balaban J connectivity index is 1.57. The lowest BCUT2D eigenvalue weighted by Crippen LogP contribution is -2.11. The quantitative estimate of drug-likeness (QED) is 0.224. The molecule has 5 aromatic rings. The minimum absolute atomic E-state index is 0.241. The molecule has 0 atom stereocenters. The van der Waals surface area contributed by atoms with Crippen molar-refractivity contribution in [1.82, 2.24) is 18.7 Å². The van der Waals surface area contributed by atoms with Crippen molar-refractivity contribution in [3.63, 3.8) is 0 Å². The summed E-state index contributed by atoms with van der Waals surface area (Å²) in [7, 11) is -3.77. The molecule has 6 nitrogen and oxygen atoms in total. The normalized spacial score (nSPS) is 11.8. The number of fused-ring (bicyclic) bond motifs is 1. The molecule has 0 aliphatic heterocycles. The lowest BCUT2D eigenvalue weighted by atomic mass is 10.1. The Morgan fingerprint density at radius 1 is 0.912 bits per heavy atom. The number of aromatic nitrogens is 4. The molecule has 0 bridgehead atoms. The Hall–Kier alpha value is -2.88. The van der Waals surface area contributed by atoms with Crippen LogP contribution in [0.5, 0.6) is 0 Å². The van der Waals surface area contributed by atoms with Gasteiger partial charge in [-0.1, -0.05) is 76.2 Å². The van der Waals surface area contributed by atoms with Crippen molar-refractivity contribution < 1.29 is 8.42 Å². The minimum Gasteiger partial charge on any atom is -0.302 e. The van der Waals surface area contributed by atoms with Crippen LogP contribution < -0.4 is 0 Å². The zero-order chi connectivity index (χ0) is 23.7. The number of rotatable bonds is 7. The van der Waals surface area contributed by atoms with Crippen molar-refractivity contribution in [1.29, 1.82) is 0 Å². The van der Waals surface area contributed by atoms with E-state index in [0.29, 0.717) is 17.9 Å². The first-order valence-electron chi connectivity index (χ1n) is 10.7. The first-order valence-corrected chi connectivity index (χ1v) is 13.9. The zero-order valence-corrected chi connectivity index (χ0v) is 21.5. The SMILES string of the molecule is CCn1c(SCc2ccc(Br)cc2)nnc1-c1cn(S(=O)(=O)c2ccccc2)c2ccccc12. The monoisotopic (exact) mass is 552 g/mol. The zero-order valence-electron chi connectivity index (χ0n) is 18.3. The summed E-state index contributed by atoms with van der Waals surface area (Å²) in [5, 5.41) is 10.5. The second kappa shape index (κ2) is 9.40. The lowest BCUT2D eigenvalue weighted by molar-refractivity contribution is 0.589. The summed E-state index contributed by atoms with van der Waals surface area (Å²) < 4.78 is 31.3. The van der Waals surface area contributed by atoms with Gasteiger partial charge in [-0.2, -0.15) is 0 Å². The summed E-state index contributed by atoms with van der Waals surface area (Å²) in [5.41, 5.74) is 2.53. The number of hydrogen-bond acceptors (Lipinski definition) is 5. The van der Waals surface area contributed by atoms with E-state index in [4.69, 9.17) is 0 Å². The molecule has 0 aliphatic rings. The second-order valence-electron chi connectivity index (χ2n) is 7.64. The summed E-state index contributed by atoms with van der Waals surface area (Å²) in [6.45, 7) is 2.70. The molecule has 3 aromatic carbocycles. The van der Waals surface area contributed by atoms with E-state index in [9.17, 15) is 8.42 Å². The molecule has 2 aromatic heterocycles. The molecule has 0 radical (unpaired) electrons. The van der Waals surface area contributed by atoms with Gasteiger partial charge in [0.15, 0.2) is 11.0 Å². The number of benzene rings is 3. The van der Waals surface area contributed by atoms with Crippen molar-refractivity contribution >= 4 is 48.6 Å². The van der Waals surface area contributed by atoms with Crippen LogP contribution in [-0.4, -0.2) is 27.2 Å². The Bertz CT molecular complexity index is 1560. The highest BCUT2D eigenvalue weighted by Crippen LogP contribution is 2.34. The van der Waals surface area contributed by atoms with Crippen molar-refractivity contribution in [2.45, 2.75) is 29.3 Å². The molecule has 172 valence electrons. The first kappa shape index (κ1) is 22.9. The fourth-order valence-electron chi connectivity index (χ4n) is 3.84. The standard InChI is InChI=1S/C25H21BrN4O2S2/c1-2-29-24(27-28-25(29)33-17-18-12-14-19(26)15-13-18)22-16-30(23-11-7-6-10-21(22)23)34(31,32)20-8-4-3-5-9-20/h3-16H,2,17H2,1H3. The van der Waals surface area contributed by atoms with Crippen LogP contribution in [-0.2, 0) is 22.3 Å². The maximum Gasteiger partial charge on any atom is 0.268 e. The topological polar surface area (TPSA) is 69.8 Å². The predicted molar refractivity (Wildman–Crippen MR) is 139 cm³/mol. The molecule has 5 rings (SSSR count). The number of para-hydroxylation sites is 1. The van der Waals surface area contributed by atoms with Gasteiger partial charge in [0.1, 0.15) is 0 Å². The smallest absolute Gasteiger partial charge is 0.268 e. The molecule has 2 heterocycles. The highest BCUT2D eigenvalue weighted by molar-refractivity contribution is 9.10. The molecule has 0 aliphatic carbocycles. The average molecular weight is 554 g/mol. The highest BCUT2D eigenvalue weighted by Gasteiger charge is 2.24. The summed E-state index contributed by atoms with van der Waals surface area (Å²) >= 11 is 5.08. The highest BCUT2D eigenvalue weighted by atomic mass is 79.9. The van der Waals surface area contributed by atoms with Crippen LogP contribution in [0, 0.1) is 0 Å². The Morgan fingerprint density at radius 3 is 2.35 bits per heavy atom. The van der Waals surface area contributed by atoms with Gasteiger partial charge in [0.05, 0.1) is 10.4 Å². The molecule has 0 saturated carbocycles. The third-order valence-electron chi connectivity index (χ3n) is 5.53. The van der Waals surface area contributed by atoms with Gasteiger partial charge in [0.2, 0.25) is 0 Å². The number of thioether (sulfide) groups is 1. The molecule has 9 heteroatoms. The fourth-order valence-corrected chi connectivity index (χ4v) is 6.45. The molecule has 0 saturated heterocycles. The third-order valence-corrected chi connectivity index (χ3v) is 8.79. The van der Waals surface area contributed by atoms with Gasteiger partial charge < -0.3 is 4.57 Å². The van der Waals surface area contributed by atoms with E-state index in [1.807, 2.05) is 47.9 Å². The maximum absolute atomic E-state index is 13.4. The van der Waals surface area contributed by atoms with Crippen molar-refractivity contribution in [2.24, 2.45) is 0 Å². The predicted octanol–water partition coefficient (Wildman–Crippen LogP) is 6.21. The van der Waals surface area contributed by atoms with Gasteiger partial charge in [-0.25, -0.2) is 12.4 Å². The summed E-state index contributed by atoms with van der Waals surface area (Å²) in [4.78, 5) is 0.241. The molecule has 0 amide bonds. The van der Waals surface area contributed by atoms with Crippen LogP contribution in [0.25, 0.3) is 22.3 Å². The van der Waals surface area contributed by atoms with Crippen molar-refractivity contribution in [3.8, 4) is 11.4 Å². The van der Waals surface area contributed by atoms with Gasteiger partial charge in [0, 0.05) is 33.9 Å². The van der Waals surface area contributed by atoms with E-state index in [-0.39, 0.29) is 4.90 Å². The van der Waals surface area contributed by atoms with Crippen LogP contribution in [0.15, 0.2) is 99.6 Å². The molecular weight excluding hydrogens is 532 g/mol. The lowest BCUT2D eigenvalue weighted by Gasteiger charge is -2.07. The van der Waals surface area contributed by atoms with Crippen LogP contribution >= 0.6 is 27.7 Å². The van der Waals surface area contributed by atoms with Crippen LogP contribution in [0.2, 0.25) is 0 Å². The molecular formula is C25H21BrN4O2S2. The van der Waals surface area contributed by atoms with E-state index in [2.05, 4.69) is 38.3 Å². The number of hydrogen-bond donors (Lipinski definition) is 0. The molecule has 34 heavy (non-hydrogen) atoms. The second-order valence-corrected chi connectivity index (χ2v) is 11.3. The Labute approximate surface area is 210 Å². The largest absolute Gasteiger partial charge is 0.302 e. The van der Waals surface area contributed by atoms with Gasteiger partial charge >= 0.3 is 0 Å². The molecule has 0 fully saturated rings. The fraction of sp³-hybridized carbons (Fsp3) is 0.120. The maximum atomic E-state index is 13.4. The van der Waals surface area contributed by atoms with Crippen molar-refractivity contribution in [3.05, 3.63) is 95.1 Å². The van der Waals surface area contributed by atoms with Crippen LogP contribution in [0.1, 0.15) is 12.5 Å². The van der Waals surface area contributed by atoms with E-state index in [1.165, 1.54) is 9.54 Å². The summed E-state index contributed by atoms with van der Waals surface area (Å²) in [6, 6.07) is 24.1. The third kappa shape index (κ3) is 4.19. The van der Waals surface area contributed by atoms with E-state index < -0.39 is 10.0 Å². The van der Waals surface area contributed by atoms with Gasteiger partial charge in [-0.05, 0) is 42.8 Å². The van der Waals surface area contributed by atoms with E-state index in [0.717, 1.165) is 26.3 Å². The molecule has 0 N–H and O–H groups in total. The van der Waals surface area contributed by atoms with Crippen LogP contribution in [0.4, 0.5) is 0 Å². The van der Waals surface area contributed by atoms with Crippen LogP contribution in [0.3, 0.4) is 0 Å². The molecule has 0 unspecified atom stereocenters. The average Bonchev–Trinajstić information content (AvgIpc) is 3.45. The van der Waals surface area contributed by atoms with Gasteiger partial charge in [0.25, 0.3) is 10.0 Å². The Kier molecular flexibility index (Phi) is 6.33. The molecule has 0 spiro atoms. The van der Waals surface area contributed by atoms with Crippen molar-refractivity contribution in [2.75, 3.05) is 0 Å². The minimum atomic E-state index is -3.77. The number of nitrogens with zero attached hydrogens (tertiary/aromatic N) is 4. The van der Waals surface area contributed by atoms with Gasteiger partial charge in [-0.3, -0.25) is 0 Å².